The number of likely N-dealkylation sites (N-methyl/N-ethyl adjacent to an activating group) is 1. The third-order valence-corrected chi connectivity index (χ3v) is 3.29. The largest absolute Gasteiger partial charge is 0.357 e. The zero-order valence-electron chi connectivity index (χ0n) is 11.1. The maximum absolute atomic E-state index is 12.0. The number of nitrogens with zero attached hydrogens (tertiary/aromatic N) is 4. The first kappa shape index (κ1) is 13.1. The van der Waals surface area contributed by atoms with Gasteiger partial charge in [-0.3, -0.25) is 19.2 Å². The average molecular weight is 261 g/mol. The lowest BCUT2D eigenvalue weighted by Crippen LogP contribution is -2.48. The summed E-state index contributed by atoms with van der Waals surface area (Å²) in [5, 5.41) is 16.3. The molecule has 0 spiro atoms. The Kier molecular flexibility index (Phi) is 3.25. The lowest BCUT2D eigenvalue weighted by atomic mass is 10.0. The molecule has 0 aromatic carbocycles. The summed E-state index contributed by atoms with van der Waals surface area (Å²) in [6.07, 6.45) is 0.746. The predicted molar refractivity (Wildman–Crippen MR) is 67.1 cm³/mol. The highest BCUT2D eigenvalue weighted by Crippen LogP contribution is 2.21. The van der Waals surface area contributed by atoms with Crippen molar-refractivity contribution in [2.45, 2.75) is 25.8 Å². The number of amides is 2. The Morgan fingerprint density at radius 3 is 2.74 bits per heavy atom. The molecule has 2 rings (SSSR count). The van der Waals surface area contributed by atoms with Gasteiger partial charge in [-0.2, -0.15) is 10.4 Å². The van der Waals surface area contributed by atoms with Gasteiger partial charge < -0.3 is 5.32 Å². The van der Waals surface area contributed by atoms with Crippen LogP contribution in [0.2, 0.25) is 0 Å². The number of nitriles is 1. The quantitative estimate of drug-likeness (QED) is 0.766. The molecule has 19 heavy (non-hydrogen) atoms. The van der Waals surface area contributed by atoms with Gasteiger partial charge in [0.05, 0.1) is 5.69 Å². The fourth-order valence-corrected chi connectivity index (χ4v) is 2.17. The van der Waals surface area contributed by atoms with Crippen LogP contribution in [0.1, 0.15) is 24.1 Å². The zero-order valence-corrected chi connectivity index (χ0v) is 11.1. The second kappa shape index (κ2) is 4.72. The fourth-order valence-electron chi connectivity index (χ4n) is 2.17. The summed E-state index contributed by atoms with van der Waals surface area (Å²) < 4.78 is 1.54. The smallest absolute Gasteiger partial charge is 0.251 e. The Labute approximate surface area is 110 Å². The van der Waals surface area contributed by atoms with Crippen LogP contribution in [-0.2, 0) is 16.6 Å². The van der Waals surface area contributed by atoms with Crippen molar-refractivity contribution in [2.75, 3.05) is 12.4 Å². The minimum absolute atomic E-state index is 0.176. The van der Waals surface area contributed by atoms with E-state index in [4.69, 9.17) is 5.26 Å². The molecule has 0 bridgehead atoms. The van der Waals surface area contributed by atoms with Crippen molar-refractivity contribution >= 4 is 17.6 Å². The van der Waals surface area contributed by atoms with E-state index in [9.17, 15) is 9.59 Å². The number of piperidine rings is 1. The number of imide groups is 1. The monoisotopic (exact) mass is 261 g/mol. The number of aryl methyl sites for hydroxylation is 2. The number of carbonyl (C=O) groups excluding carboxylic acids is 2. The van der Waals surface area contributed by atoms with E-state index >= 15 is 0 Å². The highest BCUT2D eigenvalue weighted by atomic mass is 16.2. The van der Waals surface area contributed by atoms with Crippen LogP contribution in [0.4, 0.5) is 5.82 Å². The number of hydrogen-bond acceptors (Lipinski definition) is 5. The molecule has 1 unspecified atom stereocenters. The number of likely N-dealkylation sites (tertiary alicyclic amines) is 1. The van der Waals surface area contributed by atoms with E-state index in [2.05, 4.69) is 16.5 Å². The highest BCUT2D eigenvalue weighted by Gasteiger charge is 2.32. The summed E-state index contributed by atoms with van der Waals surface area (Å²) in [6, 6.07) is 1.58. The third-order valence-electron chi connectivity index (χ3n) is 3.29. The molecule has 0 saturated carbocycles. The van der Waals surface area contributed by atoms with Gasteiger partial charge in [-0.25, -0.2) is 0 Å². The summed E-state index contributed by atoms with van der Waals surface area (Å²) in [5.41, 5.74) is 1.04. The van der Waals surface area contributed by atoms with Crippen molar-refractivity contribution < 1.29 is 9.59 Å². The molecule has 100 valence electrons. The van der Waals surface area contributed by atoms with Gasteiger partial charge in [-0.15, -0.1) is 0 Å². The van der Waals surface area contributed by atoms with Crippen molar-refractivity contribution in [3.8, 4) is 6.07 Å². The maximum Gasteiger partial charge on any atom is 0.251 e. The molecule has 1 aliphatic heterocycles. The Bertz CT molecular complexity index is 584. The average Bonchev–Trinajstić information content (AvgIpc) is 2.64. The van der Waals surface area contributed by atoms with E-state index in [1.54, 1.807) is 14.0 Å². The highest BCUT2D eigenvalue weighted by molar-refractivity contribution is 6.01. The van der Waals surface area contributed by atoms with Crippen LogP contribution in [0.15, 0.2) is 0 Å². The Morgan fingerprint density at radius 1 is 1.42 bits per heavy atom. The summed E-state index contributed by atoms with van der Waals surface area (Å²) in [7, 11) is 3.18. The second-order valence-corrected chi connectivity index (χ2v) is 4.57. The van der Waals surface area contributed by atoms with Crippen LogP contribution < -0.4 is 5.32 Å². The molecular weight excluding hydrogens is 246 g/mol. The topological polar surface area (TPSA) is 91.0 Å². The molecule has 7 nitrogen and oxygen atoms in total. The van der Waals surface area contributed by atoms with Gasteiger partial charge >= 0.3 is 0 Å². The maximum atomic E-state index is 12.0. The van der Waals surface area contributed by atoms with Gasteiger partial charge in [0.25, 0.3) is 5.91 Å². The molecule has 1 aliphatic rings. The number of carbonyl (C=O) groups is 2. The van der Waals surface area contributed by atoms with E-state index < -0.39 is 6.04 Å². The lowest BCUT2D eigenvalue weighted by Gasteiger charge is -2.28. The Morgan fingerprint density at radius 2 is 2.11 bits per heavy atom. The van der Waals surface area contributed by atoms with Crippen LogP contribution in [0.25, 0.3) is 0 Å². The normalized spacial score (nSPS) is 19.5. The summed E-state index contributed by atoms with van der Waals surface area (Å²) in [6.45, 7) is 1.74. The van der Waals surface area contributed by atoms with Crippen molar-refractivity contribution in [3.05, 3.63) is 11.3 Å². The first-order valence-corrected chi connectivity index (χ1v) is 5.96. The molecule has 0 aliphatic carbocycles. The molecule has 1 atom stereocenters. The standard InChI is InChI=1S/C12H15N5O2/c1-7-8(6-13)11(17(3)15-7)14-9-4-5-10(18)16(2)12(9)19/h9,14H,4-5H2,1-3H3. The molecule has 1 N–H and O–H groups in total. The van der Waals surface area contributed by atoms with Crippen LogP contribution in [0.3, 0.4) is 0 Å². The molecule has 1 fully saturated rings. The van der Waals surface area contributed by atoms with Gasteiger partial charge in [0.15, 0.2) is 0 Å². The van der Waals surface area contributed by atoms with E-state index in [0.717, 1.165) is 4.90 Å². The van der Waals surface area contributed by atoms with E-state index in [1.165, 1.54) is 11.7 Å². The van der Waals surface area contributed by atoms with Crippen molar-refractivity contribution in [1.82, 2.24) is 14.7 Å². The van der Waals surface area contributed by atoms with Crippen molar-refractivity contribution in [1.29, 1.82) is 5.26 Å². The van der Waals surface area contributed by atoms with Crippen LogP contribution in [-0.4, -0.2) is 39.6 Å². The van der Waals surface area contributed by atoms with Gasteiger partial charge in [0.1, 0.15) is 23.5 Å². The summed E-state index contributed by atoms with van der Waals surface area (Å²) in [5.74, 6) is 0.0600. The molecular formula is C12H15N5O2. The number of rotatable bonds is 2. The van der Waals surface area contributed by atoms with Crippen LogP contribution in [0.5, 0.6) is 0 Å². The van der Waals surface area contributed by atoms with Gasteiger partial charge in [0.2, 0.25) is 5.91 Å². The van der Waals surface area contributed by atoms with E-state index in [-0.39, 0.29) is 11.8 Å². The van der Waals surface area contributed by atoms with Crippen molar-refractivity contribution in [2.24, 2.45) is 7.05 Å². The van der Waals surface area contributed by atoms with E-state index in [0.29, 0.717) is 29.9 Å². The minimum atomic E-state index is -0.496. The molecule has 2 amide bonds. The second-order valence-electron chi connectivity index (χ2n) is 4.57. The minimum Gasteiger partial charge on any atom is -0.357 e. The molecule has 7 heteroatoms. The van der Waals surface area contributed by atoms with Crippen LogP contribution >= 0.6 is 0 Å². The van der Waals surface area contributed by atoms with Gasteiger partial charge in [0, 0.05) is 20.5 Å². The molecule has 1 saturated heterocycles. The zero-order chi connectivity index (χ0) is 14.2. The van der Waals surface area contributed by atoms with Gasteiger partial charge in [-0.1, -0.05) is 0 Å². The Balaban J connectivity index is 2.25. The van der Waals surface area contributed by atoms with Gasteiger partial charge in [-0.05, 0) is 13.3 Å². The molecule has 0 radical (unpaired) electrons. The number of nitrogens with one attached hydrogen (secondary N) is 1. The fraction of sp³-hybridized carbons (Fsp3) is 0.500. The third kappa shape index (κ3) is 2.17. The summed E-state index contributed by atoms with van der Waals surface area (Å²) >= 11 is 0. The lowest BCUT2D eigenvalue weighted by molar-refractivity contribution is -0.146. The SMILES string of the molecule is Cc1nn(C)c(NC2CCC(=O)N(C)C2=O)c1C#N. The van der Waals surface area contributed by atoms with Crippen molar-refractivity contribution in [3.63, 3.8) is 0 Å². The number of anilines is 1. The Hall–Kier alpha value is -2.36. The van der Waals surface area contributed by atoms with Crippen LogP contribution in [0, 0.1) is 18.3 Å². The number of aromatic nitrogens is 2. The number of hydrogen-bond donors (Lipinski definition) is 1. The molecule has 1 aromatic rings. The first-order valence-electron chi connectivity index (χ1n) is 5.96. The van der Waals surface area contributed by atoms with E-state index in [1.807, 2.05) is 0 Å². The predicted octanol–water partition coefficient (Wildman–Crippen LogP) is 0.159. The summed E-state index contributed by atoms with van der Waals surface area (Å²) in [4.78, 5) is 24.5. The molecule has 2 heterocycles. The molecule has 1 aromatic heterocycles. The first-order chi connectivity index (χ1) is 8.95.